The number of rotatable bonds is 2. The predicted molar refractivity (Wildman–Crippen MR) is 117 cm³/mol. The Labute approximate surface area is 187 Å². The fourth-order valence-electron chi connectivity index (χ4n) is 3.19. The van der Waals surface area contributed by atoms with Gasteiger partial charge in [-0.1, -0.05) is 26.0 Å². The molecule has 1 aromatic heterocycles. The summed E-state index contributed by atoms with van der Waals surface area (Å²) >= 11 is 0. The fraction of sp³-hybridized carbons (Fsp3) is 0.280. The van der Waals surface area contributed by atoms with Gasteiger partial charge in [0.2, 0.25) is 0 Å². The van der Waals surface area contributed by atoms with Gasteiger partial charge in [0.15, 0.2) is 5.78 Å². The van der Waals surface area contributed by atoms with Gasteiger partial charge >= 0.3 is 0 Å². The minimum Gasteiger partial charge on any atom is -0.512 e. The van der Waals surface area contributed by atoms with E-state index in [1.54, 1.807) is 0 Å². The molecule has 0 aliphatic heterocycles. The first-order valence-electron chi connectivity index (χ1n) is 9.35. The van der Waals surface area contributed by atoms with Crippen LogP contribution in [0.1, 0.15) is 41.7 Å². The first-order valence-corrected chi connectivity index (χ1v) is 9.35. The second-order valence-electron chi connectivity index (χ2n) is 7.36. The molecule has 1 heterocycles. The third-order valence-electron chi connectivity index (χ3n) is 4.67. The van der Waals surface area contributed by atoms with E-state index in [0.29, 0.717) is 0 Å². The van der Waals surface area contributed by atoms with Crippen molar-refractivity contribution < 1.29 is 30.0 Å². The van der Waals surface area contributed by atoms with Crippen LogP contribution in [0.25, 0.3) is 22.2 Å². The van der Waals surface area contributed by atoms with Crippen LogP contribution in [0.2, 0.25) is 0 Å². The number of aliphatic hydroxyl groups is 1. The molecule has 3 rings (SSSR count). The quantitative estimate of drug-likeness (QED) is 0.226. The van der Waals surface area contributed by atoms with Crippen molar-refractivity contribution in [3.63, 3.8) is 0 Å². The van der Waals surface area contributed by atoms with Gasteiger partial charge < -0.3 is 5.11 Å². The smallest absolute Gasteiger partial charge is 0.155 e. The normalized spacial score (nSPS) is 10.8. The van der Waals surface area contributed by atoms with Crippen LogP contribution in [0.15, 0.2) is 42.2 Å². The van der Waals surface area contributed by atoms with Crippen molar-refractivity contribution in [3.8, 4) is 11.3 Å². The molecule has 0 saturated carbocycles. The van der Waals surface area contributed by atoms with E-state index < -0.39 is 0 Å². The third kappa shape index (κ3) is 6.62. The maximum atomic E-state index is 10.0. The van der Waals surface area contributed by atoms with Gasteiger partial charge in [-0.05, 0) is 63.1 Å². The number of carbonyl (C=O) groups is 1. The van der Waals surface area contributed by atoms with Crippen molar-refractivity contribution in [3.05, 3.63) is 76.1 Å². The molecule has 0 saturated heterocycles. The van der Waals surface area contributed by atoms with Crippen molar-refractivity contribution in [1.29, 1.82) is 0 Å². The van der Waals surface area contributed by atoms with E-state index in [-0.39, 0.29) is 31.6 Å². The average Bonchev–Trinajstić information content (AvgIpc) is 2.58. The van der Waals surface area contributed by atoms with Gasteiger partial charge in [0.25, 0.3) is 0 Å². The van der Waals surface area contributed by atoms with E-state index >= 15 is 0 Å². The Hall–Kier alpha value is -2.29. The second kappa shape index (κ2) is 10.5. The van der Waals surface area contributed by atoms with Gasteiger partial charge in [0.1, 0.15) is 0 Å². The monoisotopic (exact) mass is 567 g/mol. The topological polar surface area (TPSA) is 50.2 Å². The summed E-state index contributed by atoms with van der Waals surface area (Å²) in [7, 11) is 0. The molecular formula is C25H28IrNO2-. The Kier molecular flexibility index (Phi) is 8.94. The van der Waals surface area contributed by atoms with Gasteiger partial charge in [0.05, 0.1) is 11.3 Å². The average molecular weight is 567 g/mol. The molecule has 29 heavy (non-hydrogen) atoms. The Balaban J connectivity index is 0.000000456. The molecule has 3 aromatic rings. The minimum absolute atomic E-state index is 0. The van der Waals surface area contributed by atoms with Crippen molar-refractivity contribution in [1.82, 2.24) is 4.98 Å². The summed E-state index contributed by atoms with van der Waals surface area (Å²) in [5.74, 6) is -0.0625. The predicted octanol–water partition coefficient (Wildman–Crippen LogP) is 6.28. The second-order valence-corrected chi connectivity index (χ2v) is 7.36. The molecule has 0 aliphatic rings. The van der Waals surface area contributed by atoms with Gasteiger partial charge in [-0.3, -0.25) is 9.78 Å². The summed E-state index contributed by atoms with van der Waals surface area (Å²) in [6.07, 6.45) is 1.17. The first kappa shape index (κ1) is 24.7. The third-order valence-corrected chi connectivity index (χ3v) is 4.67. The van der Waals surface area contributed by atoms with Crippen LogP contribution in [-0.2, 0) is 24.9 Å². The van der Waals surface area contributed by atoms with Crippen molar-refractivity contribution >= 4 is 16.7 Å². The van der Waals surface area contributed by atoms with Gasteiger partial charge in [-0.25, -0.2) is 0 Å². The number of pyridine rings is 1. The molecule has 0 amide bonds. The molecule has 1 N–H and O–H groups in total. The summed E-state index contributed by atoms with van der Waals surface area (Å²) in [4.78, 5) is 14.9. The van der Waals surface area contributed by atoms with Crippen LogP contribution in [0, 0.1) is 40.7 Å². The number of hydrogen-bond donors (Lipinski definition) is 1. The van der Waals surface area contributed by atoms with E-state index in [1.807, 2.05) is 0 Å². The summed E-state index contributed by atoms with van der Waals surface area (Å²) in [6.45, 7) is 13.5. The number of aliphatic hydroxyl groups excluding tert-OH is 1. The Morgan fingerprint density at radius 3 is 2.17 bits per heavy atom. The SMILES string of the molecule is CC(=O)/C=C(/C)O.Cc1[c-]c(-c2ccc3c(C)c(C)c(C)cc3n2)cc(C)c1.[Ir]. The van der Waals surface area contributed by atoms with Gasteiger partial charge in [-0.2, -0.15) is 0 Å². The van der Waals surface area contributed by atoms with E-state index in [9.17, 15) is 4.79 Å². The number of benzene rings is 2. The van der Waals surface area contributed by atoms with Crippen LogP contribution < -0.4 is 0 Å². The Bertz CT molecular complexity index is 1040. The van der Waals surface area contributed by atoms with E-state index in [4.69, 9.17) is 10.1 Å². The Morgan fingerprint density at radius 1 is 1.00 bits per heavy atom. The van der Waals surface area contributed by atoms with E-state index in [0.717, 1.165) is 22.3 Å². The van der Waals surface area contributed by atoms with E-state index in [1.165, 1.54) is 47.6 Å². The molecule has 2 aromatic carbocycles. The molecule has 3 nitrogen and oxygen atoms in total. The number of aromatic nitrogens is 1. The minimum atomic E-state index is -0.125. The first-order chi connectivity index (χ1) is 13.1. The summed E-state index contributed by atoms with van der Waals surface area (Å²) in [5, 5.41) is 9.60. The molecule has 0 bridgehead atoms. The number of nitrogens with zero attached hydrogens (tertiary/aromatic N) is 1. The number of aryl methyl sites for hydroxylation is 4. The number of fused-ring (bicyclic) bond motifs is 1. The van der Waals surface area contributed by atoms with Crippen LogP contribution in [0.3, 0.4) is 0 Å². The zero-order chi connectivity index (χ0) is 21.0. The molecule has 0 unspecified atom stereocenters. The number of hydrogen-bond acceptors (Lipinski definition) is 3. The van der Waals surface area contributed by atoms with Crippen molar-refractivity contribution in [2.24, 2.45) is 0 Å². The molecule has 0 aliphatic carbocycles. The maximum absolute atomic E-state index is 10.0. The summed E-state index contributed by atoms with van der Waals surface area (Å²) in [6, 6.07) is 14.2. The molecule has 1 radical (unpaired) electrons. The molecule has 0 spiro atoms. The zero-order valence-corrected chi connectivity index (χ0v) is 20.5. The van der Waals surface area contributed by atoms with Gasteiger partial charge in [0, 0.05) is 31.6 Å². The standard InChI is InChI=1S/C20H20N.C5H8O2.Ir/c1-12-8-13(2)10-17(9-12)19-7-6-18-16(5)15(4)14(3)11-20(18)21-19;1-4(6)3-5(2)7;/h6-9,11H,1-5H3;3,6H,1-2H3;/q-1;;/b;4-3-;. The summed E-state index contributed by atoms with van der Waals surface area (Å²) < 4.78 is 0. The molecule has 0 atom stereocenters. The van der Waals surface area contributed by atoms with Gasteiger partial charge in [-0.15, -0.1) is 34.9 Å². The zero-order valence-electron chi connectivity index (χ0n) is 18.1. The van der Waals surface area contributed by atoms with Crippen LogP contribution in [0.4, 0.5) is 0 Å². The number of ketones is 1. The Morgan fingerprint density at radius 2 is 1.66 bits per heavy atom. The van der Waals surface area contributed by atoms with Crippen molar-refractivity contribution in [2.45, 2.75) is 48.5 Å². The number of carbonyl (C=O) groups excluding carboxylic acids is 1. The summed E-state index contributed by atoms with van der Waals surface area (Å²) in [5.41, 5.74) is 9.53. The van der Waals surface area contributed by atoms with Crippen LogP contribution in [0.5, 0.6) is 0 Å². The molecule has 155 valence electrons. The molecular weight excluding hydrogens is 538 g/mol. The maximum Gasteiger partial charge on any atom is 0.155 e. The van der Waals surface area contributed by atoms with Crippen molar-refractivity contribution in [2.75, 3.05) is 0 Å². The fourth-order valence-corrected chi connectivity index (χ4v) is 3.19. The van der Waals surface area contributed by atoms with Crippen LogP contribution >= 0.6 is 0 Å². The van der Waals surface area contributed by atoms with E-state index in [2.05, 4.69) is 71.0 Å². The van der Waals surface area contributed by atoms with Crippen LogP contribution in [-0.4, -0.2) is 15.9 Å². The molecule has 0 fully saturated rings. The largest absolute Gasteiger partial charge is 0.512 e. The molecule has 4 heteroatoms. The number of allylic oxidation sites excluding steroid dienone is 2.